The fourth-order valence-electron chi connectivity index (χ4n) is 4.77. The van der Waals surface area contributed by atoms with Gasteiger partial charge in [0.15, 0.2) is 5.96 Å². The average molecular weight is 552 g/mol. The summed E-state index contributed by atoms with van der Waals surface area (Å²) in [7, 11) is 1.83. The molecule has 2 aliphatic rings. The number of hydrogen-bond acceptors (Lipinski definition) is 4. The van der Waals surface area contributed by atoms with Gasteiger partial charge in [-0.1, -0.05) is 37.0 Å². The van der Waals surface area contributed by atoms with Crippen LogP contribution in [0.25, 0.3) is 11.5 Å². The van der Waals surface area contributed by atoms with Crippen LogP contribution in [0.2, 0.25) is 0 Å². The number of aromatic nitrogens is 1. The second-order valence-electron chi connectivity index (χ2n) is 9.16. The smallest absolute Gasteiger partial charge is 0.226 e. The zero-order valence-electron chi connectivity index (χ0n) is 19.5. The Balaban J connectivity index is 0.00000289. The number of guanidine groups is 1. The van der Waals surface area contributed by atoms with Gasteiger partial charge in [0.1, 0.15) is 6.26 Å². The van der Waals surface area contributed by atoms with Crippen molar-refractivity contribution in [3.63, 3.8) is 0 Å². The molecule has 6 nitrogen and oxygen atoms in total. The van der Waals surface area contributed by atoms with Crippen LogP contribution in [0.1, 0.15) is 56.2 Å². The molecule has 2 aromatic rings. The van der Waals surface area contributed by atoms with E-state index in [1.807, 2.05) is 19.2 Å². The highest BCUT2D eigenvalue weighted by Gasteiger charge is 2.23. The van der Waals surface area contributed by atoms with Gasteiger partial charge >= 0.3 is 0 Å². The Morgan fingerprint density at radius 2 is 1.81 bits per heavy atom. The lowest BCUT2D eigenvalue weighted by molar-refractivity contribution is 0.160. The Morgan fingerprint density at radius 1 is 1.09 bits per heavy atom. The summed E-state index contributed by atoms with van der Waals surface area (Å²) in [6.07, 6.45) is 11.2. The molecule has 176 valence electrons. The quantitative estimate of drug-likeness (QED) is 0.301. The molecular weight excluding hydrogens is 513 g/mol. The van der Waals surface area contributed by atoms with Crippen LogP contribution < -0.4 is 10.6 Å². The van der Waals surface area contributed by atoms with Gasteiger partial charge in [-0.15, -0.1) is 24.0 Å². The summed E-state index contributed by atoms with van der Waals surface area (Å²) < 4.78 is 5.66. The first kappa shape index (κ1) is 25.0. The molecule has 2 N–H and O–H groups in total. The molecule has 32 heavy (non-hydrogen) atoms. The van der Waals surface area contributed by atoms with Crippen molar-refractivity contribution in [2.75, 3.05) is 26.7 Å². The first-order chi connectivity index (χ1) is 15.2. The molecule has 4 rings (SSSR count). The first-order valence-corrected chi connectivity index (χ1v) is 11.9. The van der Waals surface area contributed by atoms with E-state index in [4.69, 9.17) is 4.42 Å². The van der Waals surface area contributed by atoms with Crippen LogP contribution in [0, 0.1) is 12.8 Å². The molecule has 2 heterocycles. The van der Waals surface area contributed by atoms with Gasteiger partial charge in [-0.2, -0.15) is 0 Å². The van der Waals surface area contributed by atoms with E-state index in [0.29, 0.717) is 18.5 Å². The van der Waals surface area contributed by atoms with Crippen LogP contribution in [0.15, 0.2) is 39.9 Å². The first-order valence-electron chi connectivity index (χ1n) is 11.9. The zero-order valence-corrected chi connectivity index (χ0v) is 21.8. The predicted molar refractivity (Wildman–Crippen MR) is 141 cm³/mol. The van der Waals surface area contributed by atoms with E-state index < -0.39 is 0 Å². The largest absolute Gasteiger partial charge is 0.444 e. The Morgan fingerprint density at radius 3 is 2.50 bits per heavy atom. The number of piperidine rings is 1. The minimum absolute atomic E-state index is 0. The fourth-order valence-corrected chi connectivity index (χ4v) is 4.77. The molecule has 0 atom stereocenters. The molecular formula is C25H38IN5O. The standard InChI is InChI=1S/C25H37N5O.HI/c1-19-8-10-21(11-9-19)24-28-23(18-31-24)16-27-25(26-2)29-22-12-14-30(15-13-22)17-20-6-4-3-5-7-20;/h8-11,18,20,22H,3-7,12-17H2,1-2H3,(H2,26,27,29);1H. The molecule has 1 aliphatic heterocycles. The maximum atomic E-state index is 5.66. The molecule has 1 saturated carbocycles. The molecule has 0 unspecified atom stereocenters. The van der Waals surface area contributed by atoms with Crippen molar-refractivity contribution in [2.45, 2.75) is 64.5 Å². The van der Waals surface area contributed by atoms with Crippen LogP contribution in [-0.4, -0.2) is 48.6 Å². The van der Waals surface area contributed by atoms with Crippen molar-refractivity contribution in [1.29, 1.82) is 0 Å². The molecule has 1 saturated heterocycles. The van der Waals surface area contributed by atoms with Gasteiger partial charge < -0.3 is 20.0 Å². The van der Waals surface area contributed by atoms with E-state index in [2.05, 4.69) is 44.6 Å². The van der Waals surface area contributed by atoms with Crippen LogP contribution in [-0.2, 0) is 6.54 Å². The van der Waals surface area contributed by atoms with Gasteiger partial charge in [0, 0.05) is 38.3 Å². The normalized spacial score (nSPS) is 18.9. The number of nitrogens with zero attached hydrogens (tertiary/aromatic N) is 3. The van der Waals surface area contributed by atoms with E-state index in [9.17, 15) is 0 Å². The number of aryl methyl sites for hydroxylation is 1. The Hall–Kier alpha value is -1.61. The molecule has 0 spiro atoms. The number of oxazole rings is 1. The van der Waals surface area contributed by atoms with Crippen molar-refractivity contribution >= 4 is 29.9 Å². The lowest BCUT2D eigenvalue weighted by Crippen LogP contribution is -2.49. The van der Waals surface area contributed by atoms with Gasteiger partial charge in [-0.25, -0.2) is 4.98 Å². The predicted octanol–water partition coefficient (Wildman–Crippen LogP) is 4.98. The highest BCUT2D eigenvalue weighted by atomic mass is 127. The third-order valence-electron chi connectivity index (χ3n) is 6.68. The Kier molecular flexibility index (Phi) is 9.84. The SMILES string of the molecule is CN=C(NCc1coc(-c2ccc(C)cc2)n1)NC1CCN(CC2CCCCC2)CC1.I. The van der Waals surface area contributed by atoms with Crippen molar-refractivity contribution in [1.82, 2.24) is 20.5 Å². The van der Waals surface area contributed by atoms with E-state index in [-0.39, 0.29) is 24.0 Å². The molecule has 7 heteroatoms. The second-order valence-corrected chi connectivity index (χ2v) is 9.16. The maximum Gasteiger partial charge on any atom is 0.226 e. The highest BCUT2D eigenvalue weighted by Crippen LogP contribution is 2.25. The molecule has 1 aromatic heterocycles. The van der Waals surface area contributed by atoms with Gasteiger partial charge in [-0.3, -0.25) is 4.99 Å². The summed E-state index contributed by atoms with van der Waals surface area (Å²) in [5.74, 6) is 2.43. The van der Waals surface area contributed by atoms with Gasteiger partial charge in [0.2, 0.25) is 5.89 Å². The van der Waals surface area contributed by atoms with Crippen LogP contribution in [0.4, 0.5) is 0 Å². The van der Waals surface area contributed by atoms with Crippen molar-refractivity contribution < 1.29 is 4.42 Å². The summed E-state index contributed by atoms with van der Waals surface area (Å²) >= 11 is 0. The Labute approximate surface area is 209 Å². The average Bonchev–Trinajstić information content (AvgIpc) is 3.28. The van der Waals surface area contributed by atoms with Crippen molar-refractivity contribution in [3.05, 3.63) is 41.8 Å². The summed E-state index contributed by atoms with van der Waals surface area (Å²) in [4.78, 5) is 11.7. The number of benzene rings is 1. The molecule has 1 aliphatic carbocycles. The number of halogens is 1. The second kappa shape index (κ2) is 12.6. The number of hydrogen-bond donors (Lipinski definition) is 2. The molecule has 2 fully saturated rings. The fraction of sp³-hybridized carbons (Fsp3) is 0.600. The van der Waals surface area contributed by atoms with Crippen molar-refractivity contribution in [3.8, 4) is 11.5 Å². The highest BCUT2D eigenvalue weighted by molar-refractivity contribution is 14.0. The van der Waals surface area contributed by atoms with Crippen LogP contribution in [0.3, 0.4) is 0 Å². The number of rotatable bonds is 6. The lowest BCUT2D eigenvalue weighted by Gasteiger charge is -2.36. The number of likely N-dealkylation sites (tertiary alicyclic amines) is 1. The number of aliphatic imine (C=N–C) groups is 1. The third kappa shape index (κ3) is 7.20. The van der Waals surface area contributed by atoms with Gasteiger partial charge in [0.25, 0.3) is 0 Å². The molecule has 0 radical (unpaired) electrons. The van der Waals surface area contributed by atoms with E-state index >= 15 is 0 Å². The summed E-state index contributed by atoms with van der Waals surface area (Å²) in [6.45, 7) is 6.35. The van der Waals surface area contributed by atoms with E-state index in [0.717, 1.165) is 23.1 Å². The maximum absolute atomic E-state index is 5.66. The molecule has 0 bridgehead atoms. The minimum Gasteiger partial charge on any atom is -0.444 e. The summed E-state index contributed by atoms with van der Waals surface area (Å²) in [5, 5.41) is 6.99. The number of nitrogens with one attached hydrogen (secondary N) is 2. The Bertz CT molecular complexity index is 836. The third-order valence-corrected chi connectivity index (χ3v) is 6.68. The minimum atomic E-state index is 0. The topological polar surface area (TPSA) is 65.7 Å². The van der Waals surface area contributed by atoms with E-state index in [1.165, 1.54) is 70.1 Å². The zero-order chi connectivity index (χ0) is 21.5. The van der Waals surface area contributed by atoms with Gasteiger partial charge in [0.05, 0.1) is 12.2 Å². The molecule has 1 aromatic carbocycles. The van der Waals surface area contributed by atoms with E-state index in [1.54, 1.807) is 6.26 Å². The van der Waals surface area contributed by atoms with Crippen LogP contribution in [0.5, 0.6) is 0 Å². The van der Waals surface area contributed by atoms with Gasteiger partial charge in [-0.05, 0) is 50.7 Å². The monoisotopic (exact) mass is 551 g/mol. The molecule has 0 amide bonds. The van der Waals surface area contributed by atoms with Crippen molar-refractivity contribution in [2.24, 2.45) is 10.9 Å². The lowest BCUT2D eigenvalue weighted by atomic mass is 9.88. The summed E-state index contributed by atoms with van der Waals surface area (Å²) in [5.41, 5.74) is 3.10. The summed E-state index contributed by atoms with van der Waals surface area (Å²) in [6, 6.07) is 8.71. The van der Waals surface area contributed by atoms with Crippen LogP contribution >= 0.6 is 24.0 Å².